The van der Waals surface area contributed by atoms with Gasteiger partial charge in [0.1, 0.15) is 11.9 Å². The summed E-state index contributed by atoms with van der Waals surface area (Å²) in [5.41, 5.74) is 2.37. The summed E-state index contributed by atoms with van der Waals surface area (Å²) in [6, 6.07) is 12.9. The molecule has 8 heteroatoms. The predicted octanol–water partition coefficient (Wildman–Crippen LogP) is 7.39. The number of alkyl halides is 1. The van der Waals surface area contributed by atoms with Crippen molar-refractivity contribution in [1.82, 2.24) is 9.88 Å². The molecular formula is C29H33Cl2FN2O3. The largest absolute Gasteiger partial charge is 0.497 e. The van der Waals surface area contributed by atoms with Crippen LogP contribution in [0.1, 0.15) is 49.4 Å². The summed E-state index contributed by atoms with van der Waals surface area (Å²) in [6.07, 6.45) is 4.19. The molecule has 1 aliphatic rings. The van der Waals surface area contributed by atoms with Gasteiger partial charge in [-0.05, 0) is 98.5 Å². The van der Waals surface area contributed by atoms with E-state index in [0.717, 1.165) is 48.8 Å². The van der Waals surface area contributed by atoms with E-state index in [1.165, 1.54) is 0 Å². The maximum Gasteiger partial charge on any atom is 0.303 e. The zero-order valence-corrected chi connectivity index (χ0v) is 22.5. The van der Waals surface area contributed by atoms with Gasteiger partial charge in [-0.15, -0.1) is 0 Å². The highest BCUT2D eigenvalue weighted by molar-refractivity contribution is 6.42. The van der Waals surface area contributed by atoms with Gasteiger partial charge in [0.15, 0.2) is 0 Å². The summed E-state index contributed by atoms with van der Waals surface area (Å²) in [5.74, 6) is 0.0464. The fourth-order valence-corrected chi connectivity index (χ4v) is 5.91. The number of ether oxygens (including phenoxy) is 1. The molecule has 0 aliphatic carbocycles. The quantitative estimate of drug-likeness (QED) is 0.271. The number of pyridine rings is 1. The number of halogens is 3. The number of aryl methyl sites for hydroxylation is 1. The molecule has 1 aliphatic heterocycles. The number of hydrogen-bond acceptors (Lipinski definition) is 4. The Morgan fingerprint density at radius 3 is 2.86 bits per heavy atom. The number of nitrogens with zero attached hydrogens (tertiary/aromatic N) is 2. The van der Waals surface area contributed by atoms with Crippen molar-refractivity contribution in [3.05, 3.63) is 69.8 Å². The Labute approximate surface area is 227 Å². The smallest absolute Gasteiger partial charge is 0.303 e. The van der Waals surface area contributed by atoms with Crippen LogP contribution in [0.25, 0.3) is 10.9 Å². The highest BCUT2D eigenvalue weighted by atomic mass is 35.5. The first-order valence-electron chi connectivity index (χ1n) is 12.8. The van der Waals surface area contributed by atoms with E-state index in [2.05, 4.69) is 9.88 Å². The van der Waals surface area contributed by atoms with Crippen molar-refractivity contribution in [2.45, 2.75) is 44.7 Å². The van der Waals surface area contributed by atoms with Crippen LogP contribution in [0.4, 0.5) is 4.39 Å². The molecule has 4 rings (SSSR count). The molecule has 2 aromatic carbocycles. The summed E-state index contributed by atoms with van der Waals surface area (Å²) < 4.78 is 20.8. The summed E-state index contributed by atoms with van der Waals surface area (Å²) in [7, 11) is 1.59. The van der Waals surface area contributed by atoms with Gasteiger partial charge < -0.3 is 14.7 Å². The van der Waals surface area contributed by atoms with Crippen LogP contribution in [0.15, 0.2) is 48.7 Å². The van der Waals surface area contributed by atoms with Crippen molar-refractivity contribution >= 4 is 40.1 Å². The molecule has 0 spiro atoms. The van der Waals surface area contributed by atoms with Gasteiger partial charge in [0.2, 0.25) is 0 Å². The van der Waals surface area contributed by atoms with E-state index in [4.69, 9.17) is 27.9 Å². The van der Waals surface area contributed by atoms with E-state index in [1.807, 2.05) is 30.3 Å². The lowest BCUT2D eigenvalue weighted by molar-refractivity contribution is -0.139. The lowest BCUT2D eigenvalue weighted by Crippen LogP contribution is -2.42. The van der Waals surface area contributed by atoms with E-state index in [-0.39, 0.29) is 18.3 Å². The van der Waals surface area contributed by atoms with Gasteiger partial charge in [-0.2, -0.15) is 0 Å². The third kappa shape index (κ3) is 7.13. The minimum absolute atomic E-state index is 0.00230. The average molecular weight is 547 g/mol. The molecule has 1 saturated heterocycles. The molecule has 3 aromatic rings. The van der Waals surface area contributed by atoms with Gasteiger partial charge in [0.25, 0.3) is 0 Å². The minimum atomic E-state index is -1.15. The molecule has 1 aromatic heterocycles. The highest BCUT2D eigenvalue weighted by Gasteiger charge is 2.31. The van der Waals surface area contributed by atoms with Crippen molar-refractivity contribution < 1.29 is 19.0 Å². The number of piperidine rings is 1. The van der Waals surface area contributed by atoms with Crippen LogP contribution in [0, 0.1) is 11.8 Å². The molecule has 1 N–H and O–H groups in total. The second-order valence-corrected chi connectivity index (χ2v) is 10.6. The summed E-state index contributed by atoms with van der Waals surface area (Å²) >= 11 is 12.4. The van der Waals surface area contributed by atoms with Crippen LogP contribution in [0.5, 0.6) is 5.75 Å². The van der Waals surface area contributed by atoms with Gasteiger partial charge in [-0.3, -0.25) is 9.78 Å². The standard InChI is InChI=1S/C29H33Cl2FN2O3/c1-37-22-8-10-27-24(17-22)23(11-13-33-27)26(32)9-7-19-12-15-34(18-21(19)16-28(35)36)14-3-5-20-4-2-6-25(30)29(20)31/h2,4,6,8,10-11,13,17,19,21,26H,3,5,7,9,12,14-16,18H2,1H3,(H,35,36)/t19-,21+,26?/m1/s1. The highest BCUT2D eigenvalue weighted by Crippen LogP contribution is 2.36. The first-order chi connectivity index (χ1) is 17.9. The number of rotatable bonds is 11. The maximum absolute atomic E-state index is 15.5. The maximum atomic E-state index is 15.5. The lowest BCUT2D eigenvalue weighted by atomic mass is 9.79. The Kier molecular flexibility index (Phi) is 9.63. The van der Waals surface area contributed by atoms with Gasteiger partial charge >= 0.3 is 5.97 Å². The van der Waals surface area contributed by atoms with Crippen LogP contribution in [-0.4, -0.2) is 47.7 Å². The van der Waals surface area contributed by atoms with Crippen molar-refractivity contribution in [1.29, 1.82) is 0 Å². The van der Waals surface area contributed by atoms with E-state index >= 15 is 4.39 Å². The number of hydrogen-bond donors (Lipinski definition) is 1. The molecule has 5 nitrogen and oxygen atoms in total. The average Bonchev–Trinajstić information content (AvgIpc) is 2.89. The molecule has 198 valence electrons. The van der Waals surface area contributed by atoms with E-state index < -0.39 is 12.1 Å². The molecule has 2 heterocycles. The van der Waals surface area contributed by atoms with E-state index in [1.54, 1.807) is 25.4 Å². The molecule has 0 saturated carbocycles. The number of carboxylic acid groups (broad SMARTS) is 1. The molecule has 0 radical (unpaired) electrons. The van der Waals surface area contributed by atoms with Crippen LogP contribution in [0.3, 0.4) is 0 Å². The van der Waals surface area contributed by atoms with Crippen molar-refractivity contribution in [2.75, 3.05) is 26.7 Å². The number of carbonyl (C=O) groups is 1. The fourth-order valence-electron chi connectivity index (χ4n) is 5.49. The first kappa shape index (κ1) is 27.6. The van der Waals surface area contributed by atoms with Crippen molar-refractivity contribution in [3.63, 3.8) is 0 Å². The molecule has 37 heavy (non-hydrogen) atoms. The van der Waals surface area contributed by atoms with Crippen LogP contribution < -0.4 is 4.74 Å². The van der Waals surface area contributed by atoms with E-state index in [9.17, 15) is 9.90 Å². The molecule has 1 fully saturated rings. The molecule has 1 unspecified atom stereocenters. The molecular weight excluding hydrogens is 514 g/mol. The second-order valence-electron chi connectivity index (χ2n) is 9.85. The number of likely N-dealkylation sites (tertiary alicyclic amines) is 1. The zero-order chi connectivity index (χ0) is 26.4. The Hall–Kier alpha value is -2.41. The Morgan fingerprint density at radius 2 is 2.08 bits per heavy atom. The third-order valence-electron chi connectivity index (χ3n) is 7.48. The number of carboxylic acids is 1. The topological polar surface area (TPSA) is 62.7 Å². The number of aromatic nitrogens is 1. The summed E-state index contributed by atoms with van der Waals surface area (Å²) in [6.45, 7) is 2.46. The second kappa shape index (κ2) is 12.9. The van der Waals surface area contributed by atoms with Gasteiger partial charge in [0, 0.05) is 24.5 Å². The number of aliphatic carboxylic acids is 1. The number of methoxy groups -OCH3 is 1. The zero-order valence-electron chi connectivity index (χ0n) is 21.0. The lowest BCUT2D eigenvalue weighted by Gasteiger charge is -2.38. The van der Waals surface area contributed by atoms with Crippen molar-refractivity contribution in [3.8, 4) is 5.75 Å². The third-order valence-corrected chi connectivity index (χ3v) is 8.33. The van der Waals surface area contributed by atoms with Crippen LogP contribution in [-0.2, 0) is 11.2 Å². The minimum Gasteiger partial charge on any atom is -0.497 e. The number of fused-ring (bicyclic) bond motifs is 1. The fraction of sp³-hybridized carbons (Fsp3) is 0.448. The Balaban J connectivity index is 1.35. The van der Waals surface area contributed by atoms with Crippen LogP contribution in [0.2, 0.25) is 10.0 Å². The predicted molar refractivity (Wildman–Crippen MR) is 146 cm³/mol. The van der Waals surface area contributed by atoms with Gasteiger partial charge in [0.05, 0.1) is 22.7 Å². The number of benzene rings is 2. The summed E-state index contributed by atoms with van der Waals surface area (Å²) in [4.78, 5) is 18.3. The molecule has 0 amide bonds. The SMILES string of the molecule is COc1ccc2nccc(C(F)CC[C@@H]3CCN(CCCc4cccc(Cl)c4Cl)C[C@@H]3CC(=O)O)c2c1. The molecule has 3 atom stereocenters. The van der Waals surface area contributed by atoms with Gasteiger partial charge in [-0.1, -0.05) is 35.3 Å². The van der Waals surface area contributed by atoms with Gasteiger partial charge in [-0.25, -0.2) is 4.39 Å². The monoisotopic (exact) mass is 546 g/mol. The normalized spacial score (nSPS) is 19.1. The van der Waals surface area contributed by atoms with E-state index in [0.29, 0.717) is 40.7 Å². The van der Waals surface area contributed by atoms with Crippen molar-refractivity contribution in [2.24, 2.45) is 11.8 Å². The Morgan fingerprint density at radius 1 is 1.24 bits per heavy atom. The summed E-state index contributed by atoms with van der Waals surface area (Å²) in [5, 5.41) is 11.5. The molecule has 0 bridgehead atoms. The van der Waals surface area contributed by atoms with Crippen LogP contribution >= 0.6 is 23.2 Å². The first-order valence-corrected chi connectivity index (χ1v) is 13.5. The Bertz CT molecular complexity index is 1220.